The van der Waals surface area contributed by atoms with Crippen molar-refractivity contribution in [3.63, 3.8) is 0 Å². The molecule has 0 fully saturated rings. The summed E-state index contributed by atoms with van der Waals surface area (Å²) in [6.45, 7) is 2.56. The fraction of sp³-hybridized carbons (Fsp3) is 0.238. The molecule has 2 aromatic carbocycles. The molecule has 0 aliphatic heterocycles. The Kier molecular flexibility index (Phi) is 6.69. The van der Waals surface area contributed by atoms with E-state index in [1.165, 1.54) is 6.92 Å². The normalized spacial score (nSPS) is 11.5. The number of nitrogens with zero attached hydrogens (tertiary/aromatic N) is 2. The van der Waals surface area contributed by atoms with E-state index in [1.807, 2.05) is 61.5 Å². The lowest BCUT2D eigenvalue weighted by Crippen LogP contribution is -2.38. The number of ketones is 1. The Morgan fingerprint density at radius 2 is 1.58 bits per heavy atom. The number of likely N-dealkylation sites (N-methyl/N-ethyl adjacent to an activating group) is 1. The first-order valence-electron chi connectivity index (χ1n) is 8.49. The topological polar surface area (TPSA) is 66.6 Å². The van der Waals surface area contributed by atoms with Gasteiger partial charge in [-0.3, -0.25) is 9.59 Å². The molecule has 0 saturated carbocycles. The molecule has 1 amide bonds. The van der Waals surface area contributed by atoms with Crippen molar-refractivity contribution in [2.75, 3.05) is 37.8 Å². The van der Waals surface area contributed by atoms with Crippen molar-refractivity contribution in [2.24, 2.45) is 0 Å². The van der Waals surface area contributed by atoms with Crippen LogP contribution < -0.4 is 10.6 Å². The molecule has 5 nitrogen and oxygen atoms in total. The lowest BCUT2D eigenvalue weighted by Gasteiger charge is -2.25. The molecule has 2 aromatic rings. The molecule has 2 N–H and O–H groups in total. The maximum absolute atomic E-state index is 13.2. The van der Waals surface area contributed by atoms with Crippen LogP contribution >= 0.6 is 0 Å². The van der Waals surface area contributed by atoms with Crippen LogP contribution in [0.3, 0.4) is 0 Å². The Labute approximate surface area is 154 Å². The largest absolute Gasteiger partial charge is 0.398 e. The number of benzene rings is 2. The van der Waals surface area contributed by atoms with Crippen molar-refractivity contribution in [1.29, 1.82) is 0 Å². The fourth-order valence-corrected chi connectivity index (χ4v) is 2.51. The quantitative estimate of drug-likeness (QED) is 0.360. The lowest BCUT2D eigenvalue weighted by molar-refractivity contribution is -0.120. The van der Waals surface area contributed by atoms with Crippen LogP contribution in [0.5, 0.6) is 0 Å². The second kappa shape index (κ2) is 8.97. The number of anilines is 2. The predicted molar refractivity (Wildman–Crippen MR) is 107 cm³/mol. The van der Waals surface area contributed by atoms with Gasteiger partial charge in [-0.15, -0.1) is 0 Å². The summed E-state index contributed by atoms with van der Waals surface area (Å²) in [5.41, 5.74) is 8.03. The summed E-state index contributed by atoms with van der Waals surface area (Å²) in [6.07, 6.45) is 1.58. The summed E-state index contributed by atoms with van der Waals surface area (Å²) in [5.74, 6) is -0.613. The van der Waals surface area contributed by atoms with E-state index in [-0.39, 0.29) is 17.3 Å². The smallest absolute Gasteiger partial charge is 0.261 e. The molecule has 0 aromatic heterocycles. The molecule has 0 aliphatic rings. The third kappa shape index (κ3) is 5.04. The van der Waals surface area contributed by atoms with E-state index in [0.717, 1.165) is 5.69 Å². The van der Waals surface area contributed by atoms with Crippen molar-refractivity contribution in [2.45, 2.75) is 6.92 Å². The second-order valence-electron chi connectivity index (χ2n) is 6.34. The highest BCUT2D eigenvalue weighted by Gasteiger charge is 2.23. The number of carbonyl (C=O) groups excluding carboxylic acids is 2. The first kappa shape index (κ1) is 19.4. The number of para-hydroxylation sites is 2. The third-order valence-electron chi connectivity index (χ3n) is 3.99. The van der Waals surface area contributed by atoms with Crippen LogP contribution in [-0.2, 0) is 9.59 Å². The van der Waals surface area contributed by atoms with Gasteiger partial charge >= 0.3 is 0 Å². The van der Waals surface area contributed by atoms with Crippen molar-refractivity contribution >= 4 is 29.1 Å². The zero-order valence-electron chi connectivity index (χ0n) is 15.5. The number of amides is 1. The lowest BCUT2D eigenvalue weighted by atomic mass is 10.0. The van der Waals surface area contributed by atoms with Gasteiger partial charge in [-0.1, -0.05) is 36.4 Å². The van der Waals surface area contributed by atoms with Gasteiger partial charge in [0.05, 0.1) is 5.57 Å². The van der Waals surface area contributed by atoms with E-state index >= 15 is 0 Å². The molecule has 2 rings (SSSR count). The minimum Gasteiger partial charge on any atom is -0.398 e. The molecule has 0 bridgehead atoms. The number of nitrogens with two attached hydrogens (primary N) is 1. The van der Waals surface area contributed by atoms with E-state index in [2.05, 4.69) is 0 Å². The number of carbonyl (C=O) groups is 2. The van der Waals surface area contributed by atoms with E-state index in [9.17, 15) is 9.59 Å². The maximum Gasteiger partial charge on any atom is 0.261 e. The van der Waals surface area contributed by atoms with Crippen LogP contribution in [0, 0.1) is 0 Å². The molecule has 136 valence electrons. The first-order valence-corrected chi connectivity index (χ1v) is 8.49. The van der Waals surface area contributed by atoms with Gasteiger partial charge in [0.1, 0.15) is 0 Å². The third-order valence-corrected chi connectivity index (χ3v) is 3.99. The summed E-state index contributed by atoms with van der Waals surface area (Å²) < 4.78 is 0. The van der Waals surface area contributed by atoms with Crippen LogP contribution in [0.4, 0.5) is 11.4 Å². The number of rotatable bonds is 7. The van der Waals surface area contributed by atoms with E-state index in [0.29, 0.717) is 24.3 Å². The average molecular weight is 351 g/mol. The number of Topliss-reactive ketones (excluding diaryl/α,β-unsaturated/α-hetero) is 1. The van der Waals surface area contributed by atoms with Crippen LogP contribution in [0.15, 0.2) is 60.2 Å². The molecule has 0 atom stereocenters. The molecular formula is C21H25N3O2. The van der Waals surface area contributed by atoms with Crippen molar-refractivity contribution in [1.82, 2.24) is 4.90 Å². The molecule has 26 heavy (non-hydrogen) atoms. The Morgan fingerprint density at radius 1 is 0.962 bits per heavy atom. The SMILES string of the molecule is CC(=O)C(=Cc1ccccc1N)C(=O)N(CCN(C)C)c1ccccc1. The Hall–Kier alpha value is -2.92. The summed E-state index contributed by atoms with van der Waals surface area (Å²) in [4.78, 5) is 29.0. The van der Waals surface area contributed by atoms with Crippen LogP contribution in [0.2, 0.25) is 0 Å². The molecule has 0 heterocycles. The molecule has 0 spiro atoms. The van der Waals surface area contributed by atoms with Crippen molar-refractivity contribution in [3.8, 4) is 0 Å². The standard InChI is InChI=1S/C21H25N3O2/c1-16(25)19(15-17-9-7-8-12-20(17)22)21(26)24(14-13-23(2)3)18-10-5-4-6-11-18/h4-12,15H,13-14,22H2,1-3H3. The van der Waals surface area contributed by atoms with Gasteiger partial charge in [0.2, 0.25) is 0 Å². The van der Waals surface area contributed by atoms with Gasteiger partial charge in [0.25, 0.3) is 5.91 Å². The van der Waals surface area contributed by atoms with Gasteiger partial charge in [-0.05, 0) is 50.9 Å². The Morgan fingerprint density at radius 3 is 2.15 bits per heavy atom. The van der Waals surface area contributed by atoms with E-state index in [1.54, 1.807) is 23.1 Å². The van der Waals surface area contributed by atoms with Crippen LogP contribution in [0.25, 0.3) is 6.08 Å². The number of nitrogen functional groups attached to an aromatic ring is 1. The minimum absolute atomic E-state index is 0.116. The maximum atomic E-state index is 13.2. The minimum atomic E-state index is -0.325. The van der Waals surface area contributed by atoms with Crippen LogP contribution in [0.1, 0.15) is 12.5 Å². The van der Waals surface area contributed by atoms with Gasteiger partial charge in [0.15, 0.2) is 5.78 Å². The zero-order chi connectivity index (χ0) is 19.1. The first-order chi connectivity index (χ1) is 12.4. The van der Waals surface area contributed by atoms with E-state index < -0.39 is 0 Å². The zero-order valence-corrected chi connectivity index (χ0v) is 15.5. The second-order valence-corrected chi connectivity index (χ2v) is 6.34. The highest BCUT2D eigenvalue weighted by atomic mass is 16.2. The molecular weight excluding hydrogens is 326 g/mol. The highest BCUT2D eigenvalue weighted by Crippen LogP contribution is 2.20. The Balaban J connectivity index is 2.43. The molecule has 0 saturated heterocycles. The van der Waals surface area contributed by atoms with Crippen LogP contribution in [-0.4, -0.2) is 43.8 Å². The van der Waals surface area contributed by atoms with Crippen molar-refractivity contribution in [3.05, 3.63) is 65.7 Å². The molecule has 0 radical (unpaired) electrons. The van der Waals surface area contributed by atoms with Gasteiger partial charge in [0, 0.05) is 24.5 Å². The highest BCUT2D eigenvalue weighted by molar-refractivity contribution is 6.26. The molecule has 0 aliphatic carbocycles. The average Bonchev–Trinajstić information content (AvgIpc) is 2.61. The summed E-state index contributed by atoms with van der Waals surface area (Å²) in [6, 6.07) is 16.5. The summed E-state index contributed by atoms with van der Waals surface area (Å²) >= 11 is 0. The molecule has 0 unspecified atom stereocenters. The summed E-state index contributed by atoms with van der Waals surface area (Å²) in [7, 11) is 3.89. The van der Waals surface area contributed by atoms with E-state index in [4.69, 9.17) is 5.73 Å². The monoisotopic (exact) mass is 351 g/mol. The fourth-order valence-electron chi connectivity index (χ4n) is 2.51. The predicted octanol–water partition coefficient (Wildman–Crippen LogP) is 2.84. The van der Waals surface area contributed by atoms with Gasteiger partial charge in [-0.25, -0.2) is 0 Å². The van der Waals surface area contributed by atoms with Crippen molar-refractivity contribution < 1.29 is 9.59 Å². The van der Waals surface area contributed by atoms with Gasteiger partial charge in [-0.2, -0.15) is 0 Å². The Bertz CT molecular complexity index is 798. The summed E-state index contributed by atoms with van der Waals surface area (Å²) in [5, 5.41) is 0. The number of hydrogen-bond donors (Lipinski definition) is 1. The number of hydrogen-bond acceptors (Lipinski definition) is 4. The molecule has 5 heteroatoms. The van der Waals surface area contributed by atoms with Gasteiger partial charge < -0.3 is 15.5 Å².